The van der Waals surface area contributed by atoms with Gasteiger partial charge >= 0.3 is 0 Å². The van der Waals surface area contributed by atoms with Crippen LogP contribution in [0.15, 0.2) is 59.8 Å². The minimum atomic E-state index is -0.343. The van der Waals surface area contributed by atoms with E-state index in [1.165, 1.54) is 30.8 Å². The Morgan fingerprint density at radius 1 is 1.07 bits per heavy atom. The molecule has 2 aromatic carbocycles. The van der Waals surface area contributed by atoms with Gasteiger partial charge in [-0.15, -0.1) is 10.2 Å². The predicted octanol–water partition coefficient (Wildman–Crippen LogP) is 3.06. The molecule has 3 aromatic rings. The van der Waals surface area contributed by atoms with Crippen molar-refractivity contribution in [3.8, 4) is 5.69 Å². The van der Waals surface area contributed by atoms with Crippen LogP contribution in [-0.4, -0.2) is 38.8 Å². The van der Waals surface area contributed by atoms with E-state index in [0.717, 1.165) is 0 Å². The van der Waals surface area contributed by atoms with Crippen LogP contribution in [0.25, 0.3) is 5.69 Å². The molecule has 1 N–H and O–H groups in total. The normalized spacial score (nSPS) is 10.6. The maximum Gasteiger partial charge on any atom is 0.216 e. The Bertz CT molecular complexity index is 958. The zero-order chi connectivity index (χ0) is 19.9. The number of nitrogens with one attached hydrogen (secondary N) is 1. The number of aromatic nitrogens is 3. The van der Waals surface area contributed by atoms with Gasteiger partial charge in [-0.2, -0.15) is 0 Å². The lowest BCUT2D eigenvalue weighted by Crippen LogP contribution is -2.23. The van der Waals surface area contributed by atoms with Crippen molar-refractivity contribution in [2.45, 2.75) is 18.5 Å². The molecule has 28 heavy (non-hydrogen) atoms. The van der Waals surface area contributed by atoms with Crippen molar-refractivity contribution in [3.63, 3.8) is 0 Å². The lowest BCUT2D eigenvalue weighted by atomic mass is 10.2. The summed E-state index contributed by atoms with van der Waals surface area (Å²) >= 11 is 1.27. The van der Waals surface area contributed by atoms with Crippen LogP contribution in [0, 0.1) is 5.82 Å². The highest BCUT2D eigenvalue weighted by molar-refractivity contribution is 7.99. The second-order valence-electron chi connectivity index (χ2n) is 6.02. The van der Waals surface area contributed by atoms with E-state index in [2.05, 4.69) is 15.5 Å². The second-order valence-corrected chi connectivity index (χ2v) is 6.96. The van der Waals surface area contributed by atoms with Gasteiger partial charge in [0.05, 0.1) is 5.75 Å². The molecule has 0 aliphatic carbocycles. The number of hydrogen-bond acceptors (Lipinski definition) is 5. The van der Waals surface area contributed by atoms with Gasteiger partial charge in [0.1, 0.15) is 11.6 Å². The molecule has 6 nitrogen and oxygen atoms in total. The highest BCUT2D eigenvalue weighted by atomic mass is 32.2. The third-order valence-electron chi connectivity index (χ3n) is 3.94. The van der Waals surface area contributed by atoms with Crippen LogP contribution in [0.1, 0.15) is 23.1 Å². The Labute approximate surface area is 166 Å². The van der Waals surface area contributed by atoms with Crippen LogP contribution < -0.4 is 5.32 Å². The summed E-state index contributed by atoms with van der Waals surface area (Å²) < 4.78 is 15.1. The largest absolute Gasteiger partial charge is 0.356 e. The molecule has 1 aromatic heterocycles. The van der Waals surface area contributed by atoms with Gasteiger partial charge < -0.3 is 5.32 Å². The summed E-state index contributed by atoms with van der Waals surface area (Å²) in [5.74, 6) is 0.338. The van der Waals surface area contributed by atoms with Crippen molar-refractivity contribution in [3.05, 3.63) is 71.8 Å². The van der Waals surface area contributed by atoms with Crippen molar-refractivity contribution in [1.29, 1.82) is 0 Å². The number of hydrogen-bond donors (Lipinski definition) is 1. The molecular formula is C20H19FN4O2S. The first-order valence-corrected chi connectivity index (χ1v) is 9.69. The van der Waals surface area contributed by atoms with E-state index >= 15 is 0 Å². The number of ketones is 1. The summed E-state index contributed by atoms with van der Waals surface area (Å²) in [6, 6.07) is 15.0. The average molecular weight is 398 g/mol. The van der Waals surface area contributed by atoms with Gasteiger partial charge in [0, 0.05) is 31.1 Å². The van der Waals surface area contributed by atoms with Gasteiger partial charge in [0.25, 0.3) is 0 Å². The van der Waals surface area contributed by atoms with E-state index in [-0.39, 0.29) is 23.3 Å². The van der Waals surface area contributed by atoms with Crippen LogP contribution in [-0.2, 0) is 11.2 Å². The first-order valence-electron chi connectivity index (χ1n) is 8.70. The topological polar surface area (TPSA) is 76.9 Å². The quantitative estimate of drug-likeness (QED) is 0.466. The van der Waals surface area contributed by atoms with E-state index in [1.54, 1.807) is 28.8 Å². The molecule has 0 unspecified atom stereocenters. The minimum Gasteiger partial charge on any atom is -0.356 e. The SMILES string of the molecule is CC(=O)NCCc1nnc(SCC(=O)c2ccccc2)n1-c1ccc(F)cc1. The van der Waals surface area contributed by atoms with Crippen molar-refractivity contribution >= 4 is 23.5 Å². The molecule has 3 rings (SSSR count). The molecule has 0 aliphatic rings. The number of halogens is 1. The Morgan fingerprint density at radius 2 is 1.79 bits per heavy atom. The highest BCUT2D eigenvalue weighted by Crippen LogP contribution is 2.23. The molecule has 0 spiro atoms. The highest BCUT2D eigenvalue weighted by Gasteiger charge is 2.16. The van der Waals surface area contributed by atoms with Crippen LogP contribution in [0.4, 0.5) is 4.39 Å². The van der Waals surface area contributed by atoms with E-state index in [9.17, 15) is 14.0 Å². The molecule has 144 valence electrons. The molecule has 0 fully saturated rings. The third kappa shape index (κ3) is 5.04. The summed E-state index contributed by atoms with van der Waals surface area (Å²) in [5.41, 5.74) is 1.33. The van der Waals surface area contributed by atoms with Gasteiger partial charge in [-0.1, -0.05) is 42.1 Å². The molecule has 0 saturated heterocycles. The maximum absolute atomic E-state index is 13.3. The number of benzene rings is 2. The fraction of sp³-hybridized carbons (Fsp3) is 0.200. The van der Waals surface area contributed by atoms with Gasteiger partial charge in [-0.3, -0.25) is 14.2 Å². The average Bonchev–Trinajstić information content (AvgIpc) is 3.10. The number of amides is 1. The Balaban J connectivity index is 1.81. The fourth-order valence-electron chi connectivity index (χ4n) is 2.59. The van der Waals surface area contributed by atoms with E-state index in [1.807, 2.05) is 18.2 Å². The summed E-state index contributed by atoms with van der Waals surface area (Å²) in [6.07, 6.45) is 0.456. The number of nitrogens with zero attached hydrogens (tertiary/aromatic N) is 3. The molecule has 1 amide bonds. The minimum absolute atomic E-state index is 0.0148. The van der Waals surface area contributed by atoms with E-state index in [4.69, 9.17) is 0 Å². The molecule has 0 aliphatic heterocycles. The molecule has 0 atom stereocenters. The van der Waals surface area contributed by atoms with Crippen molar-refractivity contribution in [2.75, 3.05) is 12.3 Å². The van der Waals surface area contributed by atoms with Gasteiger partial charge in [-0.25, -0.2) is 4.39 Å². The second kappa shape index (κ2) is 9.27. The smallest absolute Gasteiger partial charge is 0.216 e. The maximum atomic E-state index is 13.3. The molecule has 0 bridgehead atoms. The predicted molar refractivity (Wildman–Crippen MR) is 105 cm³/mol. The lowest BCUT2D eigenvalue weighted by Gasteiger charge is -2.10. The Hall–Kier alpha value is -3.00. The lowest BCUT2D eigenvalue weighted by molar-refractivity contribution is -0.118. The summed E-state index contributed by atoms with van der Waals surface area (Å²) in [5, 5.41) is 11.7. The first-order chi connectivity index (χ1) is 13.5. The van der Waals surface area contributed by atoms with E-state index in [0.29, 0.717) is 35.2 Å². The molecule has 8 heteroatoms. The summed E-state index contributed by atoms with van der Waals surface area (Å²) in [7, 11) is 0. The Kier molecular flexibility index (Phi) is 6.54. The third-order valence-corrected chi connectivity index (χ3v) is 4.86. The van der Waals surface area contributed by atoms with Crippen LogP contribution in [0.2, 0.25) is 0 Å². The van der Waals surface area contributed by atoms with Gasteiger partial charge in [0.2, 0.25) is 5.91 Å². The first kappa shape index (κ1) is 19.8. The number of Topliss-reactive ketones (excluding diaryl/α,β-unsaturated/α-hetero) is 1. The molecule has 1 heterocycles. The number of thioether (sulfide) groups is 1. The summed E-state index contributed by atoms with van der Waals surface area (Å²) in [4.78, 5) is 23.5. The van der Waals surface area contributed by atoms with E-state index < -0.39 is 0 Å². The van der Waals surface area contributed by atoms with Crippen LogP contribution in [0.5, 0.6) is 0 Å². The monoisotopic (exact) mass is 398 g/mol. The van der Waals surface area contributed by atoms with Crippen LogP contribution in [0.3, 0.4) is 0 Å². The summed E-state index contributed by atoms with van der Waals surface area (Å²) in [6.45, 7) is 1.85. The van der Waals surface area contributed by atoms with Crippen LogP contribution >= 0.6 is 11.8 Å². The number of carbonyl (C=O) groups excluding carboxylic acids is 2. The molecule has 0 saturated carbocycles. The number of rotatable bonds is 8. The van der Waals surface area contributed by atoms with Crippen molar-refractivity contribution < 1.29 is 14.0 Å². The van der Waals surface area contributed by atoms with Gasteiger partial charge in [0.15, 0.2) is 10.9 Å². The standard InChI is InChI=1S/C20H19FN4O2S/c1-14(26)22-12-11-19-23-24-20(25(19)17-9-7-16(21)8-10-17)28-13-18(27)15-5-3-2-4-6-15/h2-10H,11-13H2,1H3,(H,22,26). The van der Waals surface area contributed by atoms with Gasteiger partial charge in [-0.05, 0) is 24.3 Å². The zero-order valence-electron chi connectivity index (χ0n) is 15.3. The molecule has 0 radical (unpaired) electrons. The zero-order valence-corrected chi connectivity index (χ0v) is 16.1. The number of carbonyl (C=O) groups is 2. The van der Waals surface area contributed by atoms with Crippen molar-refractivity contribution in [1.82, 2.24) is 20.1 Å². The molecular weight excluding hydrogens is 379 g/mol. The van der Waals surface area contributed by atoms with Crippen molar-refractivity contribution in [2.24, 2.45) is 0 Å². The fourth-order valence-corrected chi connectivity index (χ4v) is 3.46. The Morgan fingerprint density at radius 3 is 2.46 bits per heavy atom.